The molecule has 4 nitrogen and oxygen atoms in total. The molecule has 1 heterocycles. The monoisotopic (exact) mass is 366 g/mol. The van der Waals surface area contributed by atoms with E-state index in [0.717, 1.165) is 11.3 Å². The van der Waals surface area contributed by atoms with Gasteiger partial charge < -0.3 is 9.16 Å². The van der Waals surface area contributed by atoms with Crippen LogP contribution in [0.15, 0.2) is 24.3 Å². The van der Waals surface area contributed by atoms with Gasteiger partial charge in [0.05, 0.1) is 0 Å². The summed E-state index contributed by atoms with van der Waals surface area (Å²) in [5.74, 6) is -0.0924. The van der Waals surface area contributed by atoms with Crippen molar-refractivity contribution in [1.29, 1.82) is 0 Å². The lowest BCUT2D eigenvalue weighted by atomic mass is 9.69. The van der Waals surface area contributed by atoms with Crippen LogP contribution in [0.2, 0.25) is 18.1 Å². The largest absolute Gasteiger partial charge is 0.543 e. The minimum absolute atomic E-state index is 0.137. The summed E-state index contributed by atoms with van der Waals surface area (Å²) < 4.78 is 12.3. The van der Waals surface area contributed by atoms with Crippen LogP contribution in [0.1, 0.15) is 54.0 Å². The first-order valence-corrected chi connectivity index (χ1v) is 11.8. The molecule has 2 rings (SSSR count). The number of hydrogen-bond donors (Lipinski definition) is 0. The molecule has 0 N–H and O–H groups in total. The van der Waals surface area contributed by atoms with Gasteiger partial charge in [-0.2, -0.15) is 4.89 Å². The molecule has 0 aromatic heterocycles. The third-order valence-corrected chi connectivity index (χ3v) is 10.4. The molecule has 0 spiro atoms. The topological polar surface area (TPSA) is 36.9 Å². The lowest BCUT2D eigenvalue weighted by Crippen LogP contribution is -2.69. The van der Waals surface area contributed by atoms with Crippen LogP contribution in [0.25, 0.3) is 0 Å². The van der Waals surface area contributed by atoms with Crippen molar-refractivity contribution in [3.8, 4) is 5.75 Å². The predicted octanol–water partition coefficient (Wildman–Crippen LogP) is 5.64. The van der Waals surface area contributed by atoms with E-state index in [1.165, 1.54) is 0 Å². The summed E-state index contributed by atoms with van der Waals surface area (Å²) >= 11 is 0. The highest BCUT2D eigenvalue weighted by atomic mass is 28.4. The Hall–Kier alpha value is -0.883. The maximum Gasteiger partial charge on any atom is 0.260 e. The maximum atomic E-state index is 6.46. The van der Waals surface area contributed by atoms with Gasteiger partial charge in [-0.25, -0.2) is 4.89 Å². The fraction of sp³-hybridized carbons (Fsp3) is 0.700. The van der Waals surface area contributed by atoms with Crippen LogP contribution >= 0.6 is 0 Å². The summed E-state index contributed by atoms with van der Waals surface area (Å²) in [6.45, 7) is 19.6. The standard InChI is InChI=1S/C20H34O4Si/c1-17(2,3)19(7)20(21-8,24-23-19)15-12-11-13-16(14-15)22-25(9,10)18(4,5)6/h11-14H,1-10H3. The molecule has 1 saturated heterocycles. The molecule has 1 aromatic carbocycles. The van der Waals surface area contributed by atoms with E-state index in [9.17, 15) is 0 Å². The van der Waals surface area contributed by atoms with Gasteiger partial charge in [-0.05, 0) is 42.6 Å². The van der Waals surface area contributed by atoms with Crippen molar-refractivity contribution in [1.82, 2.24) is 0 Å². The highest BCUT2D eigenvalue weighted by Crippen LogP contribution is 2.57. The van der Waals surface area contributed by atoms with Crippen LogP contribution < -0.4 is 4.43 Å². The summed E-state index contributed by atoms with van der Waals surface area (Å²) in [6.07, 6.45) is 0. The Balaban J connectivity index is 2.42. The van der Waals surface area contributed by atoms with Crippen LogP contribution in [0.3, 0.4) is 0 Å². The van der Waals surface area contributed by atoms with Crippen molar-refractivity contribution in [2.75, 3.05) is 7.11 Å². The van der Waals surface area contributed by atoms with Crippen molar-refractivity contribution in [3.05, 3.63) is 29.8 Å². The Bertz CT molecular complexity index is 625. The first kappa shape index (κ1) is 20.4. The Morgan fingerprint density at radius 1 is 1.00 bits per heavy atom. The van der Waals surface area contributed by atoms with E-state index >= 15 is 0 Å². The average Bonchev–Trinajstić information content (AvgIpc) is 2.44. The summed E-state index contributed by atoms with van der Waals surface area (Å²) in [5.41, 5.74) is 0.136. The summed E-state index contributed by atoms with van der Waals surface area (Å²) in [7, 11) is -0.255. The molecule has 5 heteroatoms. The van der Waals surface area contributed by atoms with Crippen molar-refractivity contribution in [2.45, 2.75) is 78.0 Å². The van der Waals surface area contributed by atoms with Gasteiger partial charge in [0, 0.05) is 12.7 Å². The van der Waals surface area contributed by atoms with Gasteiger partial charge in [0.1, 0.15) is 5.75 Å². The molecule has 0 saturated carbocycles. The number of hydrogen-bond acceptors (Lipinski definition) is 4. The molecule has 2 unspecified atom stereocenters. The van der Waals surface area contributed by atoms with Gasteiger partial charge in [-0.15, -0.1) is 0 Å². The fourth-order valence-electron chi connectivity index (χ4n) is 2.74. The number of rotatable bonds is 4. The molecule has 25 heavy (non-hydrogen) atoms. The first-order valence-electron chi connectivity index (χ1n) is 8.92. The van der Waals surface area contributed by atoms with Gasteiger partial charge in [-0.1, -0.05) is 53.7 Å². The zero-order chi connectivity index (χ0) is 19.3. The molecule has 0 amide bonds. The zero-order valence-corrected chi connectivity index (χ0v) is 18.4. The second-order valence-electron chi connectivity index (χ2n) is 9.66. The second-order valence-corrected chi connectivity index (χ2v) is 14.4. The van der Waals surface area contributed by atoms with Gasteiger partial charge in [0.2, 0.25) is 8.32 Å². The molecule has 0 radical (unpaired) electrons. The van der Waals surface area contributed by atoms with E-state index in [4.69, 9.17) is 18.9 Å². The van der Waals surface area contributed by atoms with Gasteiger partial charge in [-0.3, -0.25) is 0 Å². The van der Waals surface area contributed by atoms with E-state index in [0.29, 0.717) is 0 Å². The van der Waals surface area contributed by atoms with Crippen LogP contribution in [-0.4, -0.2) is 21.0 Å². The maximum absolute atomic E-state index is 6.46. The zero-order valence-electron chi connectivity index (χ0n) is 17.4. The second kappa shape index (κ2) is 6.08. The normalized spacial score (nSPS) is 27.8. The first-order chi connectivity index (χ1) is 11.2. The van der Waals surface area contributed by atoms with E-state index in [2.05, 4.69) is 54.6 Å². The fourth-order valence-corrected chi connectivity index (χ4v) is 3.77. The third kappa shape index (κ3) is 3.16. The molecule has 0 aliphatic carbocycles. The molecule has 0 bridgehead atoms. The minimum atomic E-state index is -1.92. The Morgan fingerprint density at radius 3 is 2.00 bits per heavy atom. The Labute approximate surface area is 153 Å². The van der Waals surface area contributed by atoms with E-state index in [1.807, 2.05) is 31.2 Å². The van der Waals surface area contributed by atoms with Crippen molar-refractivity contribution in [2.24, 2.45) is 5.41 Å². The quantitative estimate of drug-likeness (QED) is 0.511. The Morgan fingerprint density at radius 2 is 1.60 bits per heavy atom. The third-order valence-electron chi connectivity index (χ3n) is 6.07. The smallest absolute Gasteiger partial charge is 0.260 e. The Kier molecular flexibility index (Phi) is 4.97. The number of methoxy groups -OCH3 is 1. The van der Waals surface area contributed by atoms with Gasteiger partial charge in [0.15, 0.2) is 5.60 Å². The highest BCUT2D eigenvalue weighted by Gasteiger charge is 2.68. The van der Waals surface area contributed by atoms with Crippen molar-refractivity contribution < 1.29 is 18.9 Å². The number of benzene rings is 1. The van der Waals surface area contributed by atoms with Crippen molar-refractivity contribution >= 4 is 8.32 Å². The van der Waals surface area contributed by atoms with Crippen LogP contribution in [0, 0.1) is 5.41 Å². The van der Waals surface area contributed by atoms with E-state index in [1.54, 1.807) is 7.11 Å². The van der Waals surface area contributed by atoms with E-state index in [-0.39, 0.29) is 10.5 Å². The van der Waals surface area contributed by atoms with E-state index < -0.39 is 19.7 Å². The molecule has 2 atom stereocenters. The SMILES string of the molecule is COC1(c2cccc(O[Si](C)(C)C(C)(C)C)c2)OOC1(C)C(C)(C)C. The minimum Gasteiger partial charge on any atom is -0.543 e. The molecule has 142 valence electrons. The molecule has 1 aliphatic heterocycles. The lowest BCUT2D eigenvalue weighted by Gasteiger charge is -2.58. The summed E-state index contributed by atoms with van der Waals surface area (Å²) in [4.78, 5) is 11.2. The molecule has 1 aromatic rings. The molecule has 1 fully saturated rings. The predicted molar refractivity (Wildman–Crippen MR) is 103 cm³/mol. The van der Waals surface area contributed by atoms with Crippen LogP contribution in [0.5, 0.6) is 5.75 Å². The lowest BCUT2D eigenvalue weighted by molar-refractivity contribution is -0.630. The van der Waals surface area contributed by atoms with Gasteiger partial charge in [0.25, 0.3) is 5.79 Å². The van der Waals surface area contributed by atoms with Crippen LogP contribution in [0.4, 0.5) is 0 Å². The molecule has 1 aliphatic rings. The summed E-state index contributed by atoms with van der Waals surface area (Å²) in [5, 5.41) is 0.137. The molecular weight excluding hydrogens is 332 g/mol. The molecular formula is C20H34O4Si. The number of ether oxygens (including phenoxy) is 1. The van der Waals surface area contributed by atoms with Crippen molar-refractivity contribution in [3.63, 3.8) is 0 Å². The highest BCUT2D eigenvalue weighted by molar-refractivity contribution is 6.74. The van der Waals surface area contributed by atoms with Gasteiger partial charge >= 0.3 is 0 Å². The van der Waals surface area contributed by atoms with Crippen LogP contribution in [-0.2, 0) is 20.3 Å². The summed E-state index contributed by atoms with van der Waals surface area (Å²) in [6, 6.07) is 8.02. The average molecular weight is 367 g/mol.